The second kappa shape index (κ2) is 6.87. The second-order valence-corrected chi connectivity index (χ2v) is 4.33. The van der Waals surface area contributed by atoms with Gasteiger partial charge in [0.05, 0.1) is 13.2 Å². The molecule has 0 atom stereocenters. The lowest BCUT2D eigenvalue weighted by Gasteiger charge is -2.13. The molecule has 1 saturated heterocycles. The van der Waals surface area contributed by atoms with Gasteiger partial charge in [0, 0.05) is 12.5 Å². The highest BCUT2D eigenvalue weighted by Gasteiger charge is 2.23. The topological polar surface area (TPSA) is 67.9 Å². The molecule has 2 rings (SSSR count). The van der Waals surface area contributed by atoms with Crippen molar-refractivity contribution in [3.05, 3.63) is 29.8 Å². The van der Waals surface area contributed by atoms with E-state index in [2.05, 4.69) is 10.2 Å². The molecule has 0 radical (unpaired) electrons. The Morgan fingerprint density at radius 2 is 2.24 bits per heavy atom. The number of nitrogens with zero attached hydrogens (tertiary/aromatic N) is 1. The first-order valence-electron chi connectivity index (χ1n) is 6.38. The molecule has 1 aromatic rings. The van der Waals surface area contributed by atoms with Gasteiger partial charge in [-0.3, -0.25) is 10.2 Å². The number of halogens is 2. The molecule has 0 spiro atoms. The summed E-state index contributed by atoms with van der Waals surface area (Å²) in [5, 5.41) is 1.09. The Morgan fingerprint density at radius 3 is 2.90 bits per heavy atom. The van der Waals surface area contributed by atoms with Gasteiger partial charge in [0.15, 0.2) is 11.6 Å². The summed E-state index contributed by atoms with van der Waals surface area (Å²) < 4.78 is 35.7. The van der Waals surface area contributed by atoms with Crippen LogP contribution in [-0.4, -0.2) is 36.8 Å². The van der Waals surface area contributed by atoms with Gasteiger partial charge >= 0.3 is 6.09 Å². The number of amides is 2. The van der Waals surface area contributed by atoms with Gasteiger partial charge in [0.2, 0.25) is 5.91 Å². The third kappa shape index (κ3) is 4.30. The predicted octanol–water partition coefficient (Wildman–Crippen LogP) is 1.61. The summed E-state index contributed by atoms with van der Waals surface area (Å²) in [4.78, 5) is 22.6. The van der Waals surface area contributed by atoms with Crippen LogP contribution in [0.15, 0.2) is 18.2 Å². The first-order valence-corrected chi connectivity index (χ1v) is 6.38. The van der Waals surface area contributed by atoms with Crippen LogP contribution in [0.5, 0.6) is 5.75 Å². The molecule has 21 heavy (non-hydrogen) atoms. The van der Waals surface area contributed by atoms with E-state index in [4.69, 9.17) is 4.74 Å². The smallest absolute Gasteiger partial charge is 0.428 e. The van der Waals surface area contributed by atoms with E-state index in [9.17, 15) is 18.4 Å². The summed E-state index contributed by atoms with van der Waals surface area (Å²) in [6.07, 6.45) is -0.161. The standard InChI is InChI=1S/C13H14F2N2O4/c14-9-3-4-11(10(15)8-9)20-6-1-2-12(18)16-17-5-7-21-13(17)19/h3-4,8H,1-2,5-7H2,(H,16,18). The number of nitrogens with one attached hydrogen (secondary N) is 1. The number of rotatable bonds is 6. The summed E-state index contributed by atoms with van der Waals surface area (Å²) >= 11 is 0. The van der Waals surface area contributed by atoms with Crippen molar-refractivity contribution in [1.29, 1.82) is 0 Å². The van der Waals surface area contributed by atoms with Gasteiger partial charge in [-0.1, -0.05) is 0 Å². The Morgan fingerprint density at radius 1 is 1.43 bits per heavy atom. The van der Waals surface area contributed by atoms with Crippen molar-refractivity contribution in [3.63, 3.8) is 0 Å². The summed E-state index contributed by atoms with van der Waals surface area (Å²) in [6.45, 7) is 0.647. The van der Waals surface area contributed by atoms with Crippen molar-refractivity contribution in [3.8, 4) is 5.75 Å². The molecule has 0 bridgehead atoms. The maximum atomic E-state index is 13.2. The molecule has 1 aliphatic rings. The van der Waals surface area contributed by atoms with Gasteiger partial charge in [-0.15, -0.1) is 0 Å². The van der Waals surface area contributed by atoms with Crippen LogP contribution < -0.4 is 10.2 Å². The van der Waals surface area contributed by atoms with E-state index >= 15 is 0 Å². The van der Waals surface area contributed by atoms with Crippen molar-refractivity contribution in [2.45, 2.75) is 12.8 Å². The molecule has 114 valence electrons. The maximum Gasteiger partial charge on any atom is 0.428 e. The Balaban J connectivity index is 1.67. The normalized spacial score (nSPS) is 14.0. The molecule has 8 heteroatoms. The molecular weight excluding hydrogens is 286 g/mol. The monoisotopic (exact) mass is 300 g/mol. The van der Waals surface area contributed by atoms with Crippen LogP contribution in [-0.2, 0) is 9.53 Å². The van der Waals surface area contributed by atoms with E-state index in [0.29, 0.717) is 13.0 Å². The molecule has 0 aliphatic carbocycles. The highest BCUT2D eigenvalue weighted by molar-refractivity contribution is 5.79. The van der Waals surface area contributed by atoms with E-state index in [-0.39, 0.29) is 31.3 Å². The lowest BCUT2D eigenvalue weighted by atomic mass is 10.3. The minimum atomic E-state index is -0.792. The lowest BCUT2D eigenvalue weighted by Crippen LogP contribution is -2.42. The number of hydrogen-bond donors (Lipinski definition) is 1. The minimum Gasteiger partial charge on any atom is -0.491 e. The molecule has 6 nitrogen and oxygen atoms in total. The molecule has 0 saturated carbocycles. The molecule has 1 fully saturated rings. The number of benzene rings is 1. The van der Waals surface area contributed by atoms with Crippen molar-refractivity contribution >= 4 is 12.0 Å². The van der Waals surface area contributed by atoms with Gasteiger partial charge in [-0.05, 0) is 18.6 Å². The third-order valence-corrected chi connectivity index (χ3v) is 2.72. The third-order valence-electron chi connectivity index (χ3n) is 2.72. The van der Waals surface area contributed by atoms with Crippen LogP contribution in [0.25, 0.3) is 0 Å². The number of hydrazine groups is 1. The van der Waals surface area contributed by atoms with Crippen LogP contribution >= 0.6 is 0 Å². The highest BCUT2D eigenvalue weighted by atomic mass is 19.1. The van der Waals surface area contributed by atoms with Gasteiger partial charge < -0.3 is 9.47 Å². The minimum absolute atomic E-state index is 0.0695. The van der Waals surface area contributed by atoms with E-state index in [0.717, 1.165) is 17.1 Å². The fourth-order valence-electron chi connectivity index (χ4n) is 1.71. The molecule has 2 amide bonds. The quantitative estimate of drug-likeness (QED) is 0.810. The van der Waals surface area contributed by atoms with Crippen molar-refractivity contribution in [1.82, 2.24) is 10.4 Å². The van der Waals surface area contributed by atoms with E-state index < -0.39 is 17.7 Å². The number of cyclic esters (lactones) is 1. The Bertz CT molecular complexity index is 539. The fourth-order valence-corrected chi connectivity index (χ4v) is 1.71. The molecule has 1 heterocycles. The zero-order valence-corrected chi connectivity index (χ0v) is 11.1. The van der Waals surface area contributed by atoms with E-state index in [1.807, 2.05) is 0 Å². The Hall–Kier alpha value is -2.38. The van der Waals surface area contributed by atoms with Crippen LogP contribution in [0.2, 0.25) is 0 Å². The summed E-state index contributed by atoms with van der Waals surface area (Å²) in [6, 6.07) is 3.00. The largest absolute Gasteiger partial charge is 0.491 e. The van der Waals surface area contributed by atoms with Gasteiger partial charge in [-0.25, -0.2) is 18.6 Å². The molecular formula is C13H14F2N2O4. The number of hydrogen-bond acceptors (Lipinski definition) is 4. The molecule has 1 N–H and O–H groups in total. The molecule has 0 aromatic heterocycles. The molecule has 1 aromatic carbocycles. The van der Waals surface area contributed by atoms with Crippen LogP contribution in [0.1, 0.15) is 12.8 Å². The van der Waals surface area contributed by atoms with Crippen molar-refractivity contribution in [2.24, 2.45) is 0 Å². The average Bonchev–Trinajstić information content (AvgIpc) is 2.82. The van der Waals surface area contributed by atoms with Crippen LogP contribution in [0.3, 0.4) is 0 Å². The highest BCUT2D eigenvalue weighted by Crippen LogP contribution is 2.17. The lowest BCUT2D eigenvalue weighted by molar-refractivity contribution is -0.124. The zero-order chi connectivity index (χ0) is 15.2. The first kappa shape index (κ1) is 15.0. The predicted molar refractivity (Wildman–Crippen MR) is 67.3 cm³/mol. The van der Waals surface area contributed by atoms with Crippen LogP contribution in [0, 0.1) is 11.6 Å². The second-order valence-electron chi connectivity index (χ2n) is 4.33. The number of carbonyl (C=O) groups excluding carboxylic acids is 2. The van der Waals surface area contributed by atoms with Crippen molar-refractivity contribution < 1.29 is 27.8 Å². The van der Waals surface area contributed by atoms with Crippen molar-refractivity contribution in [2.75, 3.05) is 19.8 Å². The molecule has 1 aliphatic heterocycles. The first-order chi connectivity index (χ1) is 10.1. The summed E-state index contributed by atoms with van der Waals surface area (Å²) in [5.74, 6) is -1.91. The van der Waals surface area contributed by atoms with E-state index in [1.54, 1.807) is 0 Å². The number of carbonyl (C=O) groups is 2. The average molecular weight is 300 g/mol. The Labute approximate surface area is 119 Å². The van der Waals surface area contributed by atoms with E-state index in [1.165, 1.54) is 6.07 Å². The zero-order valence-electron chi connectivity index (χ0n) is 11.1. The fraction of sp³-hybridized carbons (Fsp3) is 0.385. The molecule has 0 unspecified atom stereocenters. The van der Waals surface area contributed by atoms with Crippen LogP contribution in [0.4, 0.5) is 13.6 Å². The summed E-state index contributed by atoms with van der Waals surface area (Å²) in [5.41, 5.74) is 2.39. The maximum absolute atomic E-state index is 13.2. The van der Waals surface area contributed by atoms with Gasteiger partial charge in [0.25, 0.3) is 0 Å². The summed E-state index contributed by atoms with van der Waals surface area (Å²) in [7, 11) is 0. The SMILES string of the molecule is O=C(CCCOc1ccc(F)cc1F)NN1CCOC1=O. The number of ether oxygens (including phenoxy) is 2. The van der Waals surface area contributed by atoms with Gasteiger partial charge in [-0.2, -0.15) is 0 Å². The Kier molecular flexibility index (Phi) is 4.91. The van der Waals surface area contributed by atoms with Gasteiger partial charge in [0.1, 0.15) is 12.4 Å².